The van der Waals surface area contributed by atoms with Crippen LogP contribution < -0.4 is 15.8 Å². The maximum Gasteiger partial charge on any atom is 0.259 e. The summed E-state index contributed by atoms with van der Waals surface area (Å²) in [5.41, 5.74) is 14.3. The molecule has 3 aromatic carbocycles. The Morgan fingerprint density at radius 3 is 2.04 bits per heavy atom. The molecule has 4 rings (SSSR count). The minimum Gasteiger partial charge on any atom is -0.497 e. The highest BCUT2D eigenvalue weighted by Gasteiger charge is 2.25. The van der Waals surface area contributed by atoms with Crippen molar-refractivity contribution in [1.82, 2.24) is 4.90 Å². The van der Waals surface area contributed by atoms with Crippen LogP contribution in [0.1, 0.15) is 97.4 Å². The largest absolute Gasteiger partial charge is 0.497 e. The predicted molar refractivity (Wildman–Crippen MR) is 221 cm³/mol. The standard InChI is InChI=1S/C30H39N3OS.C7H8O.3C2H6/c1-7-22-9-11-27(21(5)32-28-19-25(31)10-12-26(28)20(3)4)24(17-22)18-23-13-15-33(16-14-23)30(34)29(8-2)35-6;1-8-7-5-3-2-4-6-7;3*1-2/h8-12,17,19,23,32H,3,5,7,13-16,18,31H2,1-2,4,6H3;2-6H,1H3;3*1-2H3/b29-8-;;;;. The van der Waals surface area contributed by atoms with E-state index in [1.807, 2.05) is 121 Å². The summed E-state index contributed by atoms with van der Waals surface area (Å²) in [4.78, 5) is 15.6. The second-order valence-corrected chi connectivity index (χ2v) is 11.7. The summed E-state index contributed by atoms with van der Waals surface area (Å²) in [7, 11) is 1.66. The Morgan fingerprint density at radius 1 is 0.959 bits per heavy atom. The van der Waals surface area contributed by atoms with Crippen LogP contribution in [0.15, 0.2) is 90.9 Å². The molecule has 0 aromatic heterocycles. The molecule has 0 radical (unpaired) electrons. The number of carbonyl (C=O) groups excluding carboxylic acids is 1. The van der Waals surface area contributed by atoms with Crippen LogP contribution in [-0.2, 0) is 17.6 Å². The molecule has 1 saturated heterocycles. The lowest BCUT2D eigenvalue weighted by Gasteiger charge is -2.33. The van der Waals surface area contributed by atoms with Gasteiger partial charge in [0.15, 0.2) is 0 Å². The number of para-hydroxylation sites is 1. The molecule has 1 aliphatic heterocycles. The number of carbonyl (C=O) groups is 1. The van der Waals surface area contributed by atoms with Gasteiger partial charge in [-0.2, -0.15) is 0 Å². The SMILES string of the molecule is C=C(Nc1cc(N)ccc1C(=C)C)c1ccc(CC)cc1CC1CCN(C(=O)/C(=C/C)SC)CC1.CC.CC.CC.COc1ccccc1. The number of ether oxygens (including phenoxy) is 1. The van der Waals surface area contributed by atoms with Gasteiger partial charge in [0.1, 0.15) is 5.75 Å². The monoisotopic (exact) mass is 687 g/mol. The summed E-state index contributed by atoms with van der Waals surface area (Å²) in [5.74, 6) is 1.62. The van der Waals surface area contributed by atoms with E-state index in [1.54, 1.807) is 7.11 Å². The highest BCUT2D eigenvalue weighted by atomic mass is 32.2. The van der Waals surface area contributed by atoms with Crippen LogP contribution >= 0.6 is 11.8 Å². The van der Waals surface area contributed by atoms with E-state index in [9.17, 15) is 4.79 Å². The zero-order chi connectivity index (χ0) is 37.4. The number of benzene rings is 3. The van der Waals surface area contributed by atoms with Gasteiger partial charge in [0.05, 0.1) is 12.0 Å². The highest BCUT2D eigenvalue weighted by Crippen LogP contribution is 2.32. The van der Waals surface area contributed by atoms with Crippen molar-refractivity contribution < 1.29 is 9.53 Å². The van der Waals surface area contributed by atoms with E-state index in [4.69, 9.17) is 10.5 Å². The number of methoxy groups -OCH3 is 1. The number of nitrogens with zero attached hydrogens (tertiary/aromatic N) is 1. The molecule has 0 unspecified atom stereocenters. The first kappa shape index (κ1) is 45.1. The molecule has 0 spiro atoms. The Bertz CT molecular complexity index is 1420. The first-order chi connectivity index (χ1) is 23.7. The fraction of sp³-hybridized carbons (Fsp3) is 0.419. The fourth-order valence-electron chi connectivity index (χ4n) is 5.29. The van der Waals surface area contributed by atoms with Gasteiger partial charge in [-0.05, 0) is 92.7 Å². The van der Waals surface area contributed by atoms with E-state index in [1.165, 1.54) is 22.9 Å². The first-order valence-electron chi connectivity index (χ1n) is 17.9. The number of likely N-dealkylation sites (tertiary alicyclic amines) is 1. The van der Waals surface area contributed by atoms with E-state index in [0.29, 0.717) is 11.6 Å². The van der Waals surface area contributed by atoms with Crippen LogP contribution in [0.2, 0.25) is 0 Å². The van der Waals surface area contributed by atoms with Gasteiger partial charge < -0.3 is 20.7 Å². The number of piperidine rings is 1. The Hall–Kier alpha value is -3.90. The van der Waals surface area contributed by atoms with Crippen LogP contribution in [-0.4, -0.2) is 37.3 Å². The summed E-state index contributed by atoms with van der Waals surface area (Å²) < 4.78 is 4.91. The molecule has 0 atom stereocenters. The second-order valence-electron chi connectivity index (χ2n) is 10.8. The third-order valence-electron chi connectivity index (χ3n) is 7.77. The van der Waals surface area contributed by atoms with Gasteiger partial charge in [0.25, 0.3) is 5.91 Å². The molecule has 1 amide bonds. The summed E-state index contributed by atoms with van der Waals surface area (Å²) in [6.07, 6.45) is 7.89. The number of nitrogen functional groups attached to an aromatic ring is 1. The number of rotatable bonds is 10. The number of allylic oxidation sites excluding steroid dienone is 2. The molecule has 0 bridgehead atoms. The summed E-state index contributed by atoms with van der Waals surface area (Å²) >= 11 is 1.53. The van der Waals surface area contributed by atoms with Crippen LogP contribution in [0.5, 0.6) is 5.75 Å². The van der Waals surface area contributed by atoms with Gasteiger partial charge in [-0.1, -0.05) is 110 Å². The lowest BCUT2D eigenvalue weighted by atomic mass is 9.86. The number of nitrogens with one attached hydrogen (secondary N) is 1. The van der Waals surface area contributed by atoms with Crippen LogP contribution in [0.4, 0.5) is 11.4 Å². The van der Waals surface area contributed by atoms with Crippen molar-refractivity contribution in [2.24, 2.45) is 5.92 Å². The van der Waals surface area contributed by atoms with Gasteiger partial charge in [-0.3, -0.25) is 4.79 Å². The summed E-state index contributed by atoms with van der Waals surface area (Å²) in [6.45, 7) is 28.2. The van der Waals surface area contributed by atoms with E-state index in [-0.39, 0.29) is 5.91 Å². The maximum atomic E-state index is 12.7. The normalized spacial score (nSPS) is 12.2. The van der Waals surface area contributed by atoms with Gasteiger partial charge in [0.2, 0.25) is 0 Å². The fourth-order valence-corrected chi connectivity index (χ4v) is 5.83. The maximum absolute atomic E-state index is 12.7. The van der Waals surface area contributed by atoms with Gasteiger partial charge in [-0.25, -0.2) is 0 Å². The van der Waals surface area contributed by atoms with Gasteiger partial charge in [0, 0.05) is 41.3 Å². The first-order valence-corrected chi connectivity index (χ1v) is 19.1. The number of thioether (sulfide) groups is 1. The molecule has 1 heterocycles. The average Bonchev–Trinajstić information content (AvgIpc) is 3.15. The quantitative estimate of drug-likeness (QED) is 0.164. The third-order valence-corrected chi connectivity index (χ3v) is 8.62. The van der Waals surface area contributed by atoms with E-state index in [2.05, 4.69) is 43.6 Å². The molecule has 3 N–H and O–H groups in total. The van der Waals surface area contributed by atoms with Gasteiger partial charge >= 0.3 is 0 Å². The van der Waals surface area contributed by atoms with Crippen LogP contribution in [0.25, 0.3) is 11.3 Å². The predicted octanol–water partition coefficient (Wildman–Crippen LogP) is 11.8. The van der Waals surface area contributed by atoms with E-state index in [0.717, 1.165) is 77.5 Å². The van der Waals surface area contributed by atoms with Crippen molar-refractivity contribution in [2.45, 2.75) is 88.0 Å². The van der Waals surface area contributed by atoms with Crippen molar-refractivity contribution in [3.05, 3.63) is 113 Å². The van der Waals surface area contributed by atoms with Gasteiger partial charge in [-0.15, -0.1) is 11.8 Å². The number of nitrogens with two attached hydrogens (primary N) is 1. The van der Waals surface area contributed by atoms with Crippen molar-refractivity contribution >= 4 is 40.3 Å². The topological polar surface area (TPSA) is 67.6 Å². The molecule has 5 nitrogen and oxygen atoms in total. The molecule has 1 aliphatic rings. The second kappa shape index (κ2) is 26.0. The zero-order valence-corrected chi connectivity index (χ0v) is 33.2. The van der Waals surface area contributed by atoms with E-state index < -0.39 is 0 Å². The molecule has 49 heavy (non-hydrogen) atoms. The summed E-state index contributed by atoms with van der Waals surface area (Å²) in [5, 5.41) is 3.51. The minimum atomic E-state index is 0.167. The average molecular weight is 688 g/mol. The molecule has 0 aliphatic carbocycles. The zero-order valence-electron chi connectivity index (χ0n) is 32.4. The molecular weight excluding hydrogens is 623 g/mol. The molecule has 6 heteroatoms. The number of aryl methyl sites for hydroxylation is 1. The molecule has 1 fully saturated rings. The number of hydrogen-bond acceptors (Lipinski definition) is 5. The Morgan fingerprint density at radius 2 is 1.55 bits per heavy atom. The lowest BCUT2D eigenvalue weighted by Crippen LogP contribution is -2.39. The van der Waals surface area contributed by atoms with Crippen molar-refractivity contribution in [1.29, 1.82) is 0 Å². The van der Waals surface area contributed by atoms with Crippen LogP contribution in [0, 0.1) is 5.92 Å². The smallest absolute Gasteiger partial charge is 0.259 e. The highest BCUT2D eigenvalue weighted by molar-refractivity contribution is 8.03. The molecule has 3 aromatic rings. The van der Waals surface area contributed by atoms with Crippen LogP contribution in [0.3, 0.4) is 0 Å². The molecule has 270 valence electrons. The van der Waals surface area contributed by atoms with Crippen molar-refractivity contribution in [3.8, 4) is 5.75 Å². The molecule has 0 saturated carbocycles. The number of hydrogen-bond donors (Lipinski definition) is 2. The Labute approximate surface area is 304 Å². The third kappa shape index (κ3) is 15.0. The lowest BCUT2D eigenvalue weighted by molar-refractivity contribution is -0.127. The number of amides is 1. The minimum absolute atomic E-state index is 0.167. The Kier molecular flexibility index (Phi) is 24.0. The Balaban J connectivity index is 0.00000139. The van der Waals surface area contributed by atoms with Crippen molar-refractivity contribution in [2.75, 3.05) is 37.5 Å². The summed E-state index contributed by atoms with van der Waals surface area (Å²) in [6, 6.07) is 22.2. The van der Waals surface area contributed by atoms with E-state index >= 15 is 0 Å². The van der Waals surface area contributed by atoms with Crippen molar-refractivity contribution in [3.63, 3.8) is 0 Å². The molecular formula is C43H65N3O2S. The number of anilines is 2.